The van der Waals surface area contributed by atoms with Crippen LogP contribution in [0, 0.1) is 5.92 Å². The number of unbranched alkanes of at least 4 members (excludes halogenated alkanes) is 12. The second kappa shape index (κ2) is 21.8. The minimum absolute atomic E-state index is 1.00. The van der Waals surface area contributed by atoms with Crippen molar-refractivity contribution in [3.63, 3.8) is 0 Å². The van der Waals surface area contributed by atoms with E-state index in [4.69, 9.17) is 0 Å². The van der Waals surface area contributed by atoms with Gasteiger partial charge < -0.3 is 0 Å². The zero-order valence-electron chi connectivity index (χ0n) is 18.2. The van der Waals surface area contributed by atoms with E-state index in [-0.39, 0.29) is 0 Å². The van der Waals surface area contributed by atoms with E-state index in [1.165, 1.54) is 122 Å². The van der Waals surface area contributed by atoms with Crippen molar-refractivity contribution in [3.8, 4) is 0 Å². The topological polar surface area (TPSA) is 0 Å². The lowest BCUT2D eigenvalue weighted by Crippen LogP contribution is -2.00. The molecule has 1 atom stereocenters. The molecule has 1 unspecified atom stereocenters. The highest BCUT2D eigenvalue weighted by molar-refractivity contribution is 4.81. The molecule has 0 aliphatic rings. The van der Waals surface area contributed by atoms with E-state index in [1.807, 2.05) is 0 Å². The monoisotopic (exact) mass is 350 g/mol. The molecule has 0 saturated heterocycles. The average molecular weight is 351 g/mol. The van der Waals surface area contributed by atoms with Crippen molar-refractivity contribution in [2.24, 2.45) is 5.92 Å². The molecule has 0 heterocycles. The fourth-order valence-electron chi connectivity index (χ4n) is 3.84. The van der Waals surface area contributed by atoms with Crippen LogP contribution in [0.15, 0.2) is 12.2 Å². The molecule has 150 valence electrons. The van der Waals surface area contributed by atoms with Crippen molar-refractivity contribution in [3.05, 3.63) is 12.2 Å². The highest BCUT2D eigenvalue weighted by Crippen LogP contribution is 2.22. The molecular weight excluding hydrogens is 300 g/mol. The SMILES string of the molecule is CCCCC=CCCCC(CCC)CCCCCCCCCCCC. The molecule has 0 amide bonds. The van der Waals surface area contributed by atoms with E-state index >= 15 is 0 Å². The molecular formula is C25H50. The van der Waals surface area contributed by atoms with Crippen LogP contribution in [-0.4, -0.2) is 0 Å². The van der Waals surface area contributed by atoms with Gasteiger partial charge in [-0.1, -0.05) is 136 Å². The van der Waals surface area contributed by atoms with Gasteiger partial charge in [0.2, 0.25) is 0 Å². The lowest BCUT2D eigenvalue weighted by molar-refractivity contribution is 0.385. The molecule has 0 aromatic rings. The average Bonchev–Trinajstić information content (AvgIpc) is 2.62. The molecule has 0 N–H and O–H groups in total. The number of hydrogen-bond acceptors (Lipinski definition) is 0. The smallest absolute Gasteiger partial charge is 0.0351 e. The second-order valence-electron chi connectivity index (χ2n) is 8.17. The predicted octanol–water partition coefficient (Wildman–Crippen LogP) is 9.63. The van der Waals surface area contributed by atoms with E-state index in [1.54, 1.807) is 0 Å². The Morgan fingerprint density at radius 3 is 1.48 bits per heavy atom. The minimum atomic E-state index is 1.00. The summed E-state index contributed by atoms with van der Waals surface area (Å²) in [5.74, 6) is 1.00. The molecule has 0 radical (unpaired) electrons. The van der Waals surface area contributed by atoms with Gasteiger partial charge in [0.25, 0.3) is 0 Å². The Labute approximate surface area is 161 Å². The van der Waals surface area contributed by atoms with Crippen LogP contribution in [0.5, 0.6) is 0 Å². The van der Waals surface area contributed by atoms with E-state index in [2.05, 4.69) is 32.9 Å². The summed E-state index contributed by atoms with van der Waals surface area (Å²) in [6.45, 7) is 6.93. The molecule has 0 fully saturated rings. The number of rotatable bonds is 20. The summed E-state index contributed by atoms with van der Waals surface area (Å²) in [6.07, 6.45) is 31.9. The third-order valence-corrected chi connectivity index (χ3v) is 5.54. The maximum Gasteiger partial charge on any atom is -0.0351 e. The van der Waals surface area contributed by atoms with Crippen LogP contribution < -0.4 is 0 Å². The summed E-state index contributed by atoms with van der Waals surface area (Å²) in [6, 6.07) is 0. The zero-order valence-corrected chi connectivity index (χ0v) is 18.2. The van der Waals surface area contributed by atoms with Gasteiger partial charge in [-0.05, 0) is 25.2 Å². The summed E-state index contributed by atoms with van der Waals surface area (Å²) in [5, 5.41) is 0. The van der Waals surface area contributed by atoms with Gasteiger partial charge in [0, 0.05) is 0 Å². The number of allylic oxidation sites excluding steroid dienone is 2. The third kappa shape index (κ3) is 19.9. The van der Waals surface area contributed by atoms with Gasteiger partial charge in [-0.25, -0.2) is 0 Å². The van der Waals surface area contributed by atoms with Crippen LogP contribution in [0.1, 0.15) is 143 Å². The highest BCUT2D eigenvalue weighted by Gasteiger charge is 2.06. The molecule has 25 heavy (non-hydrogen) atoms. The maximum atomic E-state index is 2.43. The van der Waals surface area contributed by atoms with Crippen LogP contribution in [0.3, 0.4) is 0 Å². The van der Waals surface area contributed by atoms with Gasteiger partial charge >= 0.3 is 0 Å². The van der Waals surface area contributed by atoms with Crippen molar-refractivity contribution in [1.29, 1.82) is 0 Å². The van der Waals surface area contributed by atoms with Gasteiger partial charge in [-0.2, -0.15) is 0 Å². The summed E-state index contributed by atoms with van der Waals surface area (Å²) in [7, 11) is 0. The van der Waals surface area contributed by atoms with Crippen LogP contribution in [0.4, 0.5) is 0 Å². The molecule has 0 aromatic heterocycles. The van der Waals surface area contributed by atoms with Crippen molar-refractivity contribution >= 4 is 0 Å². The maximum absolute atomic E-state index is 2.43. The molecule has 0 aliphatic heterocycles. The highest BCUT2D eigenvalue weighted by atomic mass is 14.1. The molecule has 0 nitrogen and oxygen atoms in total. The van der Waals surface area contributed by atoms with Crippen LogP contribution in [-0.2, 0) is 0 Å². The van der Waals surface area contributed by atoms with Crippen molar-refractivity contribution in [2.75, 3.05) is 0 Å². The first-order chi connectivity index (χ1) is 12.3. The van der Waals surface area contributed by atoms with Crippen molar-refractivity contribution in [1.82, 2.24) is 0 Å². The van der Waals surface area contributed by atoms with Gasteiger partial charge in [-0.15, -0.1) is 0 Å². The third-order valence-electron chi connectivity index (χ3n) is 5.54. The van der Waals surface area contributed by atoms with Gasteiger partial charge in [0.15, 0.2) is 0 Å². The Kier molecular flexibility index (Phi) is 21.6. The largest absolute Gasteiger partial charge is 0.0885 e. The van der Waals surface area contributed by atoms with E-state index in [9.17, 15) is 0 Å². The van der Waals surface area contributed by atoms with Crippen LogP contribution in [0.25, 0.3) is 0 Å². The molecule has 0 saturated carbocycles. The first kappa shape index (κ1) is 24.7. The molecule has 0 aromatic carbocycles. The lowest BCUT2D eigenvalue weighted by Gasteiger charge is -2.15. The van der Waals surface area contributed by atoms with E-state index < -0.39 is 0 Å². The lowest BCUT2D eigenvalue weighted by atomic mass is 9.91. The molecule has 0 heteroatoms. The standard InChI is InChI=1S/C25H50/c1-4-7-9-11-13-14-15-17-19-21-24-25(22-6-3)23-20-18-16-12-10-8-5-2/h12,16,25H,4-11,13-15,17-24H2,1-3H3. The Morgan fingerprint density at radius 1 is 0.440 bits per heavy atom. The Morgan fingerprint density at radius 2 is 0.920 bits per heavy atom. The molecule has 0 rings (SSSR count). The normalized spacial score (nSPS) is 12.9. The Hall–Kier alpha value is -0.260. The minimum Gasteiger partial charge on any atom is -0.0885 e. The molecule has 0 aliphatic carbocycles. The van der Waals surface area contributed by atoms with Crippen molar-refractivity contribution in [2.45, 2.75) is 143 Å². The second-order valence-corrected chi connectivity index (χ2v) is 8.17. The van der Waals surface area contributed by atoms with Gasteiger partial charge in [-0.3, -0.25) is 0 Å². The summed E-state index contributed by atoms with van der Waals surface area (Å²) in [4.78, 5) is 0. The summed E-state index contributed by atoms with van der Waals surface area (Å²) in [5.41, 5.74) is 0. The van der Waals surface area contributed by atoms with E-state index in [0.29, 0.717) is 0 Å². The zero-order chi connectivity index (χ0) is 18.4. The quantitative estimate of drug-likeness (QED) is 0.151. The number of hydrogen-bond donors (Lipinski definition) is 0. The molecule has 0 spiro atoms. The Bertz CT molecular complexity index is 253. The van der Waals surface area contributed by atoms with Crippen LogP contribution in [0.2, 0.25) is 0 Å². The van der Waals surface area contributed by atoms with Gasteiger partial charge in [0.1, 0.15) is 0 Å². The predicted molar refractivity (Wildman–Crippen MR) is 117 cm³/mol. The first-order valence-electron chi connectivity index (χ1n) is 12.0. The van der Waals surface area contributed by atoms with Crippen molar-refractivity contribution < 1.29 is 0 Å². The van der Waals surface area contributed by atoms with Crippen LogP contribution >= 0.6 is 0 Å². The fraction of sp³-hybridized carbons (Fsp3) is 0.920. The van der Waals surface area contributed by atoms with Gasteiger partial charge in [0.05, 0.1) is 0 Å². The fourth-order valence-corrected chi connectivity index (χ4v) is 3.84. The summed E-state index contributed by atoms with van der Waals surface area (Å²) < 4.78 is 0. The summed E-state index contributed by atoms with van der Waals surface area (Å²) >= 11 is 0. The molecule has 0 bridgehead atoms. The van der Waals surface area contributed by atoms with E-state index in [0.717, 1.165) is 5.92 Å². The Balaban J connectivity index is 3.48. The first-order valence-corrected chi connectivity index (χ1v) is 12.0.